The van der Waals surface area contributed by atoms with E-state index >= 15 is 0 Å². The monoisotopic (exact) mass is 280 g/mol. The Balaban J connectivity index is 2.03. The van der Waals surface area contributed by atoms with Gasteiger partial charge in [-0.2, -0.15) is 0 Å². The molecule has 1 atom stereocenters. The van der Waals surface area contributed by atoms with Crippen molar-refractivity contribution in [1.82, 2.24) is 0 Å². The maximum Gasteiger partial charge on any atom is 0.125 e. The fourth-order valence-electron chi connectivity index (χ4n) is 2.65. The summed E-state index contributed by atoms with van der Waals surface area (Å²) in [5.41, 5.74) is 0.672. The number of aliphatic hydroxyl groups is 1. The number of methoxy groups -OCH3 is 2. The molecule has 4 heteroatoms. The highest BCUT2D eigenvalue weighted by atomic mass is 16.5. The first-order valence-corrected chi connectivity index (χ1v) is 7.15. The average Bonchev–Trinajstić information content (AvgIpc) is 2.43. The number of rotatable bonds is 8. The molecule has 112 valence electrons. The lowest BCUT2D eigenvalue weighted by Gasteiger charge is -2.42. The van der Waals surface area contributed by atoms with Crippen LogP contribution in [-0.2, 0) is 9.47 Å². The van der Waals surface area contributed by atoms with E-state index in [0.29, 0.717) is 19.6 Å². The van der Waals surface area contributed by atoms with Gasteiger partial charge in [0.15, 0.2) is 0 Å². The average molecular weight is 280 g/mol. The van der Waals surface area contributed by atoms with Crippen LogP contribution >= 0.6 is 0 Å². The molecule has 0 spiro atoms. The molecule has 1 N–H and O–H groups in total. The van der Waals surface area contributed by atoms with Crippen molar-refractivity contribution in [3.8, 4) is 5.75 Å². The highest BCUT2D eigenvalue weighted by molar-refractivity contribution is 5.35. The standard InChI is InChI=1S/C16H24O4/c1-18-10-11-20-15-7-4-3-6-13(15)14(17)12-16(19-2)8-5-9-16/h3-4,6-7,14,17H,5,8-12H2,1-2H3. The summed E-state index contributed by atoms with van der Waals surface area (Å²) in [6, 6.07) is 7.62. The van der Waals surface area contributed by atoms with Crippen LogP contribution in [0.2, 0.25) is 0 Å². The summed E-state index contributed by atoms with van der Waals surface area (Å²) in [7, 11) is 3.37. The minimum atomic E-state index is -0.561. The molecule has 0 radical (unpaired) electrons. The van der Waals surface area contributed by atoms with Gasteiger partial charge in [0.25, 0.3) is 0 Å². The number of para-hydroxylation sites is 1. The largest absolute Gasteiger partial charge is 0.491 e. The molecule has 1 unspecified atom stereocenters. The van der Waals surface area contributed by atoms with Crippen molar-refractivity contribution < 1.29 is 19.3 Å². The minimum absolute atomic E-state index is 0.154. The van der Waals surface area contributed by atoms with Gasteiger partial charge in [0.1, 0.15) is 12.4 Å². The van der Waals surface area contributed by atoms with Crippen molar-refractivity contribution in [2.24, 2.45) is 0 Å². The predicted octanol–water partition coefficient (Wildman–Crippen LogP) is 2.70. The number of ether oxygens (including phenoxy) is 3. The Kier molecular flexibility index (Phi) is 5.40. The van der Waals surface area contributed by atoms with Gasteiger partial charge in [0, 0.05) is 26.2 Å². The Morgan fingerprint density at radius 3 is 2.55 bits per heavy atom. The fraction of sp³-hybridized carbons (Fsp3) is 0.625. The molecule has 0 bridgehead atoms. The van der Waals surface area contributed by atoms with Crippen LogP contribution in [-0.4, -0.2) is 38.1 Å². The Bertz CT molecular complexity index is 409. The molecule has 0 heterocycles. The number of hydrogen-bond acceptors (Lipinski definition) is 4. The second-order valence-corrected chi connectivity index (χ2v) is 5.34. The first-order valence-electron chi connectivity index (χ1n) is 7.15. The zero-order chi connectivity index (χ0) is 14.4. The van der Waals surface area contributed by atoms with Gasteiger partial charge in [-0.3, -0.25) is 0 Å². The molecule has 1 aliphatic rings. The molecule has 0 aromatic heterocycles. The zero-order valence-electron chi connectivity index (χ0n) is 12.3. The van der Waals surface area contributed by atoms with Gasteiger partial charge >= 0.3 is 0 Å². The molecule has 0 amide bonds. The lowest BCUT2D eigenvalue weighted by molar-refractivity contribution is -0.100. The summed E-state index contributed by atoms with van der Waals surface area (Å²) in [4.78, 5) is 0. The lowest BCUT2D eigenvalue weighted by atomic mass is 9.75. The van der Waals surface area contributed by atoms with E-state index in [0.717, 1.165) is 24.2 Å². The summed E-state index contributed by atoms with van der Waals surface area (Å²) in [5.74, 6) is 0.725. The van der Waals surface area contributed by atoms with Crippen molar-refractivity contribution in [2.75, 3.05) is 27.4 Å². The molecule has 0 saturated heterocycles. The normalized spacial score (nSPS) is 18.4. The Morgan fingerprint density at radius 1 is 1.20 bits per heavy atom. The van der Waals surface area contributed by atoms with Crippen LogP contribution in [0.25, 0.3) is 0 Å². The maximum absolute atomic E-state index is 10.5. The molecular weight excluding hydrogens is 256 g/mol. The van der Waals surface area contributed by atoms with Crippen LogP contribution in [0.3, 0.4) is 0 Å². The first-order chi connectivity index (χ1) is 9.71. The molecule has 2 rings (SSSR count). The highest BCUT2D eigenvalue weighted by Crippen LogP contribution is 2.43. The van der Waals surface area contributed by atoms with E-state index in [1.165, 1.54) is 6.42 Å². The van der Waals surface area contributed by atoms with Gasteiger partial charge < -0.3 is 19.3 Å². The van der Waals surface area contributed by atoms with Crippen LogP contribution in [0, 0.1) is 0 Å². The lowest BCUT2D eigenvalue weighted by Crippen LogP contribution is -2.40. The van der Waals surface area contributed by atoms with Crippen LogP contribution in [0.5, 0.6) is 5.75 Å². The SMILES string of the molecule is COCCOc1ccccc1C(O)CC1(OC)CCC1. The van der Waals surface area contributed by atoms with Crippen LogP contribution in [0.4, 0.5) is 0 Å². The van der Waals surface area contributed by atoms with Crippen LogP contribution < -0.4 is 4.74 Å². The topological polar surface area (TPSA) is 47.9 Å². The molecule has 0 aliphatic heterocycles. The quantitative estimate of drug-likeness (QED) is 0.744. The molecule has 4 nitrogen and oxygen atoms in total. The van der Waals surface area contributed by atoms with E-state index in [1.807, 2.05) is 24.3 Å². The molecule has 1 aromatic rings. The highest BCUT2D eigenvalue weighted by Gasteiger charge is 2.39. The molecule has 1 aliphatic carbocycles. The Hall–Kier alpha value is -1.10. The Labute approximate surface area is 120 Å². The van der Waals surface area contributed by atoms with Crippen LogP contribution in [0.1, 0.15) is 37.4 Å². The first kappa shape index (κ1) is 15.3. The summed E-state index contributed by atoms with van der Waals surface area (Å²) in [5, 5.41) is 10.5. The van der Waals surface area contributed by atoms with Gasteiger partial charge in [-0.1, -0.05) is 18.2 Å². The summed E-state index contributed by atoms with van der Waals surface area (Å²) in [6.07, 6.45) is 3.27. The van der Waals surface area contributed by atoms with E-state index in [-0.39, 0.29) is 5.60 Å². The predicted molar refractivity (Wildman–Crippen MR) is 77.0 cm³/mol. The van der Waals surface area contributed by atoms with Gasteiger partial charge in [-0.25, -0.2) is 0 Å². The molecule has 20 heavy (non-hydrogen) atoms. The van der Waals surface area contributed by atoms with E-state index in [1.54, 1.807) is 14.2 Å². The number of hydrogen-bond donors (Lipinski definition) is 1. The third kappa shape index (κ3) is 3.51. The van der Waals surface area contributed by atoms with Crippen LogP contribution in [0.15, 0.2) is 24.3 Å². The smallest absolute Gasteiger partial charge is 0.125 e. The third-order valence-electron chi connectivity index (χ3n) is 4.09. The maximum atomic E-state index is 10.5. The molecular formula is C16H24O4. The minimum Gasteiger partial charge on any atom is -0.491 e. The fourth-order valence-corrected chi connectivity index (χ4v) is 2.65. The van der Waals surface area contributed by atoms with Crippen molar-refractivity contribution in [3.05, 3.63) is 29.8 Å². The van der Waals surface area contributed by atoms with E-state index in [9.17, 15) is 5.11 Å². The summed E-state index contributed by atoms with van der Waals surface area (Å²) < 4.78 is 16.2. The van der Waals surface area contributed by atoms with Crippen molar-refractivity contribution in [3.63, 3.8) is 0 Å². The number of aliphatic hydroxyl groups excluding tert-OH is 1. The number of benzene rings is 1. The van der Waals surface area contributed by atoms with E-state index in [4.69, 9.17) is 14.2 Å². The van der Waals surface area contributed by atoms with Crippen molar-refractivity contribution >= 4 is 0 Å². The summed E-state index contributed by atoms with van der Waals surface area (Å²) >= 11 is 0. The second-order valence-electron chi connectivity index (χ2n) is 5.34. The molecule has 1 saturated carbocycles. The Morgan fingerprint density at radius 2 is 1.95 bits per heavy atom. The van der Waals surface area contributed by atoms with Crippen molar-refractivity contribution in [1.29, 1.82) is 0 Å². The van der Waals surface area contributed by atoms with E-state index < -0.39 is 6.10 Å². The summed E-state index contributed by atoms with van der Waals surface area (Å²) in [6.45, 7) is 1.02. The van der Waals surface area contributed by atoms with Gasteiger partial charge in [-0.05, 0) is 25.3 Å². The zero-order valence-corrected chi connectivity index (χ0v) is 12.3. The van der Waals surface area contributed by atoms with E-state index in [2.05, 4.69) is 0 Å². The molecule has 1 fully saturated rings. The second kappa shape index (κ2) is 7.07. The van der Waals surface area contributed by atoms with Gasteiger partial charge in [0.2, 0.25) is 0 Å². The third-order valence-corrected chi connectivity index (χ3v) is 4.09. The van der Waals surface area contributed by atoms with Crippen molar-refractivity contribution in [2.45, 2.75) is 37.4 Å². The van der Waals surface area contributed by atoms with Gasteiger partial charge in [0.05, 0.1) is 18.3 Å². The molecule has 1 aromatic carbocycles. The van der Waals surface area contributed by atoms with Gasteiger partial charge in [-0.15, -0.1) is 0 Å².